The van der Waals surface area contributed by atoms with Crippen LogP contribution in [0.4, 0.5) is 0 Å². The Labute approximate surface area is 351 Å². The van der Waals surface area contributed by atoms with E-state index in [4.69, 9.17) is 18.9 Å². The molecule has 8 nitrogen and oxygen atoms in total. The van der Waals surface area contributed by atoms with Gasteiger partial charge in [-0.25, -0.2) is 0 Å². The zero-order valence-electron chi connectivity index (χ0n) is 38.0. The quantitative estimate of drug-likeness (QED) is 0.0340. The van der Waals surface area contributed by atoms with Crippen molar-refractivity contribution in [3.63, 3.8) is 0 Å². The monoisotopic (exact) mass is 809 g/mol. The van der Waals surface area contributed by atoms with Gasteiger partial charge in [-0.05, 0) is 25.7 Å². The van der Waals surface area contributed by atoms with E-state index in [9.17, 15) is 19.2 Å². The molecule has 8 heteroatoms. The fourth-order valence-electron chi connectivity index (χ4n) is 7.37. The van der Waals surface area contributed by atoms with E-state index in [0.29, 0.717) is 25.7 Å². The van der Waals surface area contributed by atoms with Crippen molar-refractivity contribution < 1.29 is 38.1 Å². The SMILES string of the molecule is CCCCCCCCCCCCCCCCCC(=O)OC(C)OC(=O)CCCCCCCC(=O)OC(C)OC(=O)CCCCCCCCCCCCCCCCC. The zero-order valence-corrected chi connectivity index (χ0v) is 38.0. The lowest BCUT2D eigenvalue weighted by Crippen LogP contribution is -2.21. The Balaban J connectivity index is 3.58. The maximum absolute atomic E-state index is 12.2. The number of ether oxygens (including phenoxy) is 4. The minimum Gasteiger partial charge on any atom is -0.425 e. The predicted molar refractivity (Wildman–Crippen MR) is 235 cm³/mol. The van der Waals surface area contributed by atoms with Crippen LogP contribution in [0.15, 0.2) is 0 Å². The van der Waals surface area contributed by atoms with E-state index in [2.05, 4.69) is 13.8 Å². The van der Waals surface area contributed by atoms with Crippen LogP contribution in [0.25, 0.3) is 0 Å². The molecule has 2 atom stereocenters. The van der Waals surface area contributed by atoms with Gasteiger partial charge >= 0.3 is 23.9 Å². The molecule has 2 unspecified atom stereocenters. The standard InChI is InChI=1S/C49H92O8/c1-5-7-9-11-13-15-17-19-21-23-25-27-29-32-36-40-46(50)54-44(3)56-48(52)42-38-34-31-35-39-43-49(53)57-45(4)55-47(51)41-37-33-30-28-26-24-22-20-18-16-14-12-10-8-6-2/h44-45H,5-43H2,1-4H3. The summed E-state index contributed by atoms with van der Waals surface area (Å²) in [5, 5.41) is 0. The third kappa shape index (κ3) is 43.3. The largest absolute Gasteiger partial charge is 0.425 e. The smallest absolute Gasteiger partial charge is 0.308 e. The maximum atomic E-state index is 12.2. The first-order valence-corrected chi connectivity index (χ1v) is 24.6. The number of carbonyl (C=O) groups excluding carboxylic acids is 4. The highest BCUT2D eigenvalue weighted by molar-refractivity contribution is 5.72. The molecule has 0 fully saturated rings. The second kappa shape index (κ2) is 43.5. The van der Waals surface area contributed by atoms with Crippen LogP contribution in [-0.2, 0) is 38.1 Å². The van der Waals surface area contributed by atoms with Crippen molar-refractivity contribution in [2.45, 2.75) is 291 Å². The van der Waals surface area contributed by atoms with Crippen molar-refractivity contribution in [1.29, 1.82) is 0 Å². The average molecular weight is 809 g/mol. The first kappa shape index (κ1) is 54.9. The summed E-state index contributed by atoms with van der Waals surface area (Å²) in [5.74, 6) is -1.36. The fourth-order valence-corrected chi connectivity index (χ4v) is 7.37. The molecule has 0 rings (SSSR count). The van der Waals surface area contributed by atoms with Gasteiger partial charge in [0.1, 0.15) is 0 Å². The van der Waals surface area contributed by atoms with Gasteiger partial charge in [-0.3, -0.25) is 19.2 Å². The highest BCUT2D eigenvalue weighted by Crippen LogP contribution is 2.17. The molecule has 0 spiro atoms. The molecule has 0 saturated carbocycles. The van der Waals surface area contributed by atoms with Crippen LogP contribution in [0.3, 0.4) is 0 Å². The van der Waals surface area contributed by atoms with Gasteiger partial charge < -0.3 is 18.9 Å². The lowest BCUT2D eigenvalue weighted by Gasteiger charge is -2.14. The Kier molecular flexibility index (Phi) is 41.8. The number of hydrogen-bond acceptors (Lipinski definition) is 8. The number of hydrogen-bond donors (Lipinski definition) is 0. The molecule has 0 saturated heterocycles. The Morgan fingerprint density at radius 3 is 0.561 bits per heavy atom. The molecule has 0 aromatic rings. The molecule has 0 heterocycles. The number of esters is 4. The Morgan fingerprint density at radius 1 is 0.263 bits per heavy atom. The second-order valence-corrected chi connectivity index (χ2v) is 16.8. The van der Waals surface area contributed by atoms with Crippen molar-refractivity contribution >= 4 is 23.9 Å². The summed E-state index contributed by atoms with van der Waals surface area (Å²) in [5.41, 5.74) is 0. The van der Waals surface area contributed by atoms with Crippen LogP contribution in [0, 0.1) is 0 Å². The summed E-state index contributed by atoms with van der Waals surface area (Å²) < 4.78 is 21.1. The molecule has 0 aromatic carbocycles. The topological polar surface area (TPSA) is 105 Å². The normalized spacial score (nSPS) is 12.3. The van der Waals surface area contributed by atoms with Crippen LogP contribution >= 0.6 is 0 Å². The third-order valence-corrected chi connectivity index (χ3v) is 10.9. The van der Waals surface area contributed by atoms with E-state index in [1.165, 1.54) is 154 Å². The van der Waals surface area contributed by atoms with Crippen molar-refractivity contribution in [3.8, 4) is 0 Å². The Bertz CT molecular complexity index is 849. The predicted octanol–water partition coefficient (Wildman–Crippen LogP) is 15.1. The van der Waals surface area contributed by atoms with Gasteiger partial charge in [0.2, 0.25) is 12.6 Å². The van der Waals surface area contributed by atoms with Crippen LogP contribution in [0.5, 0.6) is 0 Å². The van der Waals surface area contributed by atoms with E-state index in [1.54, 1.807) is 13.8 Å². The van der Waals surface area contributed by atoms with Crippen molar-refractivity contribution in [1.82, 2.24) is 0 Å². The third-order valence-electron chi connectivity index (χ3n) is 10.9. The van der Waals surface area contributed by atoms with Gasteiger partial charge in [0.05, 0.1) is 0 Å². The van der Waals surface area contributed by atoms with E-state index in [1.807, 2.05) is 0 Å². The molecule has 0 amide bonds. The summed E-state index contributed by atoms with van der Waals surface area (Å²) in [6.07, 6.45) is 41.8. The van der Waals surface area contributed by atoms with Crippen molar-refractivity contribution in [3.05, 3.63) is 0 Å². The minimum absolute atomic E-state index is 0.269. The Morgan fingerprint density at radius 2 is 0.404 bits per heavy atom. The lowest BCUT2D eigenvalue weighted by atomic mass is 10.0. The van der Waals surface area contributed by atoms with Crippen LogP contribution in [-0.4, -0.2) is 36.5 Å². The molecule has 0 aliphatic rings. The summed E-state index contributed by atoms with van der Waals surface area (Å²) in [6, 6.07) is 0. The Hall–Kier alpha value is -2.12. The number of unbranched alkanes of at least 4 members (excludes halogenated alkanes) is 32. The van der Waals surface area contributed by atoms with Gasteiger partial charge in [0, 0.05) is 39.5 Å². The van der Waals surface area contributed by atoms with Crippen molar-refractivity contribution in [2.75, 3.05) is 0 Å². The van der Waals surface area contributed by atoms with E-state index >= 15 is 0 Å². The molecule has 336 valence electrons. The number of carbonyl (C=O) groups is 4. The minimum atomic E-state index is -0.872. The first-order valence-electron chi connectivity index (χ1n) is 24.6. The summed E-state index contributed by atoms with van der Waals surface area (Å²) in [6.45, 7) is 7.71. The molecule has 57 heavy (non-hydrogen) atoms. The lowest BCUT2D eigenvalue weighted by molar-refractivity contribution is -0.186. The summed E-state index contributed by atoms with van der Waals surface area (Å²) in [4.78, 5) is 48.6. The molecule has 0 aromatic heterocycles. The molecule has 0 aliphatic carbocycles. The first-order chi connectivity index (χ1) is 27.8. The molecule has 0 N–H and O–H groups in total. The van der Waals surface area contributed by atoms with Crippen LogP contribution in [0.2, 0.25) is 0 Å². The van der Waals surface area contributed by atoms with E-state index < -0.39 is 12.6 Å². The van der Waals surface area contributed by atoms with E-state index in [-0.39, 0.29) is 36.7 Å². The van der Waals surface area contributed by atoms with Crippen molar-refractivity contribution in [2.24, 2.45) is 0 Å². The van der Waals surface area contributed by atoms with Gasteiger partial charge in [0.25, 0.3) is 0 Å². The molecule has 0 radical (unpaired) electrons. The summed E-state index contributed by atoms with van der Waals surface area (Å²) >= 11 is 0. The number of rotatable bonds is 44. The van der Waals surface area contributed by atoms with Gasteiger partial charge in [-0.1, -0.05) is 213 Å². The van der Waals surface area contributed by atoms with Crippen LogP contribution < -0.4 is 0 Å². The highest BCUT2D eigenvalue weighted by atomic mass is 16.7. The average Bonchev–Trinajstić information content (AvgIpc) is 3.17. The van der Waals surface area contributed by atoms with Gasteiger partial charge in [-0.2, -0.15) is 0 Å². The van der Waals surface area contributed by atoms with E-state index in [0.717, 1.165) is 57.8 Å². The maximum Gasteiger partial charge on any atom is 0.308 e. The molecule has 0 bridgehead atoms. The van der Waals surface area contributed by atoms with Crippen LogP contribution in [0.1, 0.15) is 278 Å². The highest BCUT2D eigenvalue weighted by Gasteiger charge is 2.15. The molecule has 0 aliphatic heterocycles. The zero-order chi connectivity index (χ0) is 41.9. The van der Waals surface area contributed by atoms with Gasteiger partial charge in [-0.15, -0.1) is 0 Å². The summed E-state index contributed by atoms with van der Waals surface area (Å²) in [7, 11) is 0. The second-order valence-electron chi connectivity index (χ2n) is 16.8. The molecular weight excluding hydrogens is 717 g/mol. The fraction of sp³-hybridized carbons (Fsp3) is 0.918. The van der Waals surface area contributed by atoms with Gasteiger partial charge in [0.15, 0.2) is 0 Å². The molecular formula is C49H92O8.